The van der Waals surface area contributed by atoms with Gasteiger partial charge in [0.25, 0.3) is 5.91 Å². The van der Waals surface area contributed by atoms with Gasteiger partial charge in [-0.15, -0.1) is 11.8 Å². The number of thioether (sulfide) groups is 1. The Morgan fingerprint density at radius 2 is 1.62 bits per heavy atom. The number of nitrogens with zero attached hydrogens (tertiary/aromatic N) is 2. The predicted molar refractivity (Wildman–Crippen MR) is 261 cm³/mol. The van der Waals surface area contributed by atoms with Gasteiger partial charge in [0, 0.05) is 48.7 Å². The molecule has 0 aromatic heterocycles. The maximum absolute atomic E-state index is 13.2. The second-order valence-corrected chi connectivity index (χ2v) is 15.8. The van der Waals surface area contributed by atoms with Crippen molar-refractivity contribution in [3.8, 4) is 0 Å². The fraction of sp³-hybridized carbons (Fsp3) is 0.471. The Morgan fingerprint density at radius 1 is 1.00 bits per heavy atom. The molecule has 0 spiro atoms. The molecular formula is C51H72F6N4O4S. The van der Waals surface area contributed by atoms with E-state index in [9.17, 15) is 41.0 Å². The number of aliphatic imine (C=N–C) groups is 1. The highest BCUT2D eigenvalue weighted by molar-refractivity contribution is 8.02. The number of amides is 1. The molecule has 1 saturated heterocycles. The van der Waals surface area contributed by atoms with Crippen LogP contribution in [-0.2, 0) is 23.9 Å². The molecule has 0 bridgehead atoms. The van der Waals surface area contributed by atoms with Crippen LogP contribution in [0.5, 0.6) is 0 Å². The summed E-state index contributed by atoms with van der Waals surface area (Å²) in [4.78, 5) is 31.4. The van der Waals surface area contributed by atoms with Crippen LogP contribution in [0.1, 0.15) is 118 Å². The number of aliphatic hydroxyl groups is 1. The Kier molecular flexibility index (Phi) is 30.5. The van der Waals surface area contributed by atoms with Gasteiger partial charge in [-0.3, -0.25) is 9.79 Å². The van der Waals surface area contributed by atoms with Crippen molar-refractivity contribution >= 4 is 30.4 Å². The van der Waals surface area contributed by atoms with E-state index in [1.165, 1.54) is 13.0 Å². The van der Waals surface area contributed by atoms with E-state index in [0.29, 0.717) is 35.6 Å². The van der Waals surface area contributed by atoms with Gasteiger partial charge in [-0.25, -0.2) is 4.79 Å². The average Bonchev–Trinajstić information content (AvgIpc) is 3.77. The molecule has 4 rings (SSSR count). The minimum atomic E-state index is -4.35. The van der Waals surface area contributed by atoms with Crippen LogP contribution in [0.25, 0.3) is 0 Å². The van der Waals surface area contributed by atoms with E-state index in [2.05, 4.69) is 30.5 Å². The van der Waals surface area contributed by atoms with Gasteiger partial charge < -0.3 is 25.8 Å². The number of benzene rings is 3. The summed E-state index contributed by atoms with van der Waals surface area (Å²) in [5.41, 5.74) is 8.89. The lowest BCUT2D eigenvalue weighted by Gasteiger charge is -2.24. The number of nitrogens with one attached hydrogen (secondary N) is 1. The zero-order valence-electron chi connectivity index (χ0n) is 40.1. The minimum Gasteiger partial charge on any atom is -0.462 e. The molecule has 0 saturated carbocycles. The lowest BCUT2D eigenvalue weighted by atomic mass is 10.0. The summed E-state index contributed by atoms with van der Waals surface area (Å²) < 4.78 is 78.1. The van der Waals surface area contributed by atoms with E-state index in [1.807, 2.05) is 95.2 Å². The lowest BCUT2D eigenvalue weighted by molar-refractivity contribution is -0.137. The van der Waals surface area contributed by atoms with E-state index < -0.39 is 35.6 Å². The number of aryl methyl sites for hydroxylation is 1. The van der Waals surface area contributed by atoms with Crippen molar-refractivity contribution in [2.24, 2.45) is 16.6 Å². The molecule has 4 unspecified atom stereocenters. The van der Waals surface area contributed by atoms with Gasteiger partial charge in [0.2, 0.25) is 0 Å². The summed E-state index contributed by atoms with van der Waals surface area (Å²) in [5, 5.41) is 15.0. The number of carbonyl (C=O) groups is 2. The molecule has 368 valence electrons. The number of carbonyl (C=O) groups excluding carboxylic acids is 2. The monoisotopic (exact) mass is 951 g/mol. The largest absolute Gasteiger partial charge is 0.462 e. The smallest absolute Gasteiger partial charge is 0.416 e. The summed E-state index contributed by atoms with van der Waals surface area (Å²) in [6.45, 7) is 25.4. The number of hydrogen-bond donors (Lipinski definition) is 3. The van der Waals surface area contributed by atoms with Crippen molar-refractivity contribution in [1.82, 2.24) is 10.2 Å². The van der Waals surface area contributed by atoms with Crippen LogP contribution in [0, 0.1) is 12.8 Å². The fourth-order valence-corrected chi connectivity index (χ4v) is 6.98. The third kappa shape index (κ3) is 23.7. The number of likely N-dealkylation sites (tertiary alicyclic amines) is 1. The Bertz CT molecular complexity index is 1940. The third-order valence-corrected chi connectivity index (χ3v) is 10.9. The first-order valence-electron chi connectivity index (χ1n) is 22.3. The fourth-order valence-electron chi connectivity index (χ4n) is 6.00. The van der Waals surface area contributed by atoms with Crippen LogP contribution in [0.4, 0.5) is 26.3 Å². The van der Waals surface area contributed by atoms with Gasteiger partial charge in [-0.2, -0.15) is 26.3 Å². The van der Waals surface area contributed by atoms with E-state index >= 15 is 0 Å². The molecule has 66 heavy (non-hydrogen) atoms. The molecule has 1 fully saturated rings. The molecule has 4 N–H and O–H groups in total. The number of hydrogen-bond acceptors (Lipinski definition) is 8. The maximum atomic E-state index is 13.2. The second kappa shape index (κ2) is 32.9. The first-order chi connectivity index (χ1) is 31.2. The average molecular weight is 951 g/mol. The van der Waals surface area contributed by atoms with Crippen LogP contribution in [0.2, 0.25) is 0 Å². The summed E-state index contributed by atoms with van der Waals surface area (Å²) in [7, 11) is 0. The maximum Gasteiger partial charge on any atom is 0.416 e. The van der Waals surface area contributed by atoms with Crippen molar-refractivity contribution in [3.63, 3.8) is 0 Å². The molecule has 15 heteroatoms. The molecule has 8 nitrogen and oxygen atoms in total. The number of ether oxygens (including phenoxy) is 1. The SMILES string of the molecule is C=C/C(=C\C)C(F)(F)F.C=N/C(C)=C\SCC1CCCN1C(=O)c1cc(C)cc(C(=O)OCC(C)CC)c1.CC.CC.NC(Cc1ccccc1)C(O)CNCc1cccc(C(F)(F)F)c1. The Balaban J connectivity index is 0.00000103. The normalized spacial score (nSPS) is 15.1. The molecule has 1 aliphatic heterocycles. The highest BCUT2D eigenvalue weighted by atomic mass is 32.2. The van der Waals surface area contributed by atoms with Crippen LogP contribution < -0.4 is 11.1 Å². The van der Waals surface area contributed by atoms with Crippen LogP contribution >= 0.6 is 11.8 Å². The first kappa shape index (κ1) is 61.3. The van der Waals surface area contributed by atoms with Crippen molar-refractivity contribution in [3.05, 3.63) is 142 Å². The Morgan fingerprint density at radius 3 is 2.17 bits per heavy atom. The molecule has 4 atom stereocenters. The molecule has 3 aromatic carbocycles. The third-order valence-electron chi connectivity index (χ3n) is 9.79. The lowest BCUT2D eigenvalue weighted by Crippen LogP contribution is -2.43. The van der Waals surface area contributed by atoms with Crippen molar-refractivity contribution in [2.45, 2.75) is 125 Å². The standard InChI is InChI=1S/C23H32N2O3S.C18H21F3N2O.C6H7F3.2C2H6/c1-6-16(2)13-28-23(27)20-11-17(3)10-19(12-20)22(26)25-9-7-8-21(25)15-29-14-18(4)24-5;19-18(20,21)15-8-4-7-14(9-15)11-23-12-17(24)16(22)10-13-5-2-1-3-6-13;1-3-5(4-2)6(7,8)9;2*1-2/h10-12,14,16,21H,5-9,13,15H2,1-4H3;1-9,16-17,23-24H,10-12,22H2;3-4H,1H2,2H3;2*1-2H3/b18-14-;;5-4+;;. The van der Waals surface area contributed by atoms with Gasteiger partial charge in [-0.1, -0.05) is 115 Å². The number of esters is 1. The molecule has 0 radical (unpaired) electrons. The quantitative estimate of drug-likeness (QED) is 0.0534. The highest BCUT2D eigenvalue weighted by Gasteiger charge is 2.32. The summed E-state index contributed by atoms with van der Waals surface area (Å²) >= 11 is 1.66. The molecule has 1 amide bonds. The van der Waals surface area contributed by atoms with Crippen molar-refractivity contribution in [2.75, 3.05) is 25.4 Å². The van der Waals surface area contributed by atoms with Gasteiger partial charge >= 0.3 is 18.3 Å². The predicted octanol–water partition coefficient (Wildman–Crippen LogP) is 12.6. The Labute approximate surface area is 393 Å². The summed E-state index contributed by atoms with van der Waals surface area (Å²) in [5.74, 6) is 0.764. The second-order valence-electron chi connectivity index (χ2n) is 14.9. The number of allylic oxidation sites excluding steroid dienone is 4. The highest BCUT2D eigenvalue weighted by Crippen LogP contribution is 2.30. The van der Waals surface area contributed by atoms with E-state index in [-0.39, 0.29) is 31.0 Å². The van der Waals surface area contributed by atoms with Gasteiger partial charge in [0.1, 0.15) is 0 Å². The van der Waals surface area contributed by atoms with Crippen LogP contribution in [-0.4, -0.2) is 78.4 Å². The van der Waals surface area contributed by atoms with Gasteiger partial charge in [-0.05, 0) is 99.0 Å². The number of nitrogens with two attached hydrogens (primary N) is 1. The number of rotatable bonds is 17. The first-order valence-corrected chi connectivity index (χ1v) is 23.3. The molecule has 1 heterocycles. The number of aliphatic hydroxyl groups excluding tert-OH is 1. The zero-order valence-corrected chi connectivity index (χ0v) is 40.9. The van der Waals surface area contributed by atoms with Crippen LogP contribution in [0.15, 0.2) is 113 Å². The Hall–Kier alpha value is -4.70. The van der Waals surface area contributed by atoms with E-state index in [0.717, 1.165) is 72.7 Å². The van der Waals surface area contributed by atoms with Gasteiger partial charge in [0.05, 0.1) is 29.4 Å². The summed E-state index contributed by atoms with van der Waals surface area (Å²) in [6, 6.07) is 19.7. The molecule has 1 aliphatic rings. The van der Waals surface area contributed by atoms with Gasteiger partial charge in [0.15, 0.2) is 0 Å². The zero-order chi connectivity index (χ0) is 50.5. The topological polar surface area (TPSA) is 117 Å². The molecule has 0 aliphatic carbocycles. The number of alkyl halides is 6. The van der Waals surface area contributed by atoms with Crippen molar-refractivity contribution in [1.29, 1.82) is 0 Å². The minimum absolute atomic E-state index is 0.0182. The van der Waals surface area contributed by atoms with E-state index in [4.69, 9.17) is 10.5 Å². The van der Waals surface area contributed by atoms with Crippen LogP contribution in [0.3, 0.4) is 0 Å². The number of halogens is 6. The molecule has 3 aromatic rings. The van der Waals surface area contributed by atoms with Crippen molar-refractivity contribution < 1.29 is 45.8 Å². The summed E-state index contributed by atoms with van der Waals surface area (Å²) in [6.07, 6.45) is -4.13. The van der Waals surface area contributed by atoms with E-state index in [1.54, 1.807) is 30.0 Å². The molecular weight excluding hydrogens is 879 g/mol.